The lowest BCUT2D eigenvalue weighted by Crippen LogP contribution is -2.49. The highest BCUT2D eigenvalue weighted by atomic mass is 32.1. The highest BCUT2D eigenvalue weighted by molar-refractivity contribution is 7.15. The highest BCUT2D eigenvalue weighted by Crippen LogP contribution is 2.36. The quantitative estimate of drug-likeness (QED) is 0.787. The zero-order valence-corrected chi connectivity index (χ0v) is 13.2. The fourth-order valence-corrected chi connectivity index (χ4v) is 4.56. The normalized spacial score (nSPS) is 25.3. The Hall–Kier alpha value is -1.36. The molecule has 0 aromatic carbocycles. The molecule has 2 heterocycles. The van der Waals surface area contributed by atoms with E-state index in [1.165, 1.54) is 44.1 Å². The standard InChI is InChI=1S/C16H21NO3S/c1-20-16(19)14-9-8-13(21-14)15(18)17-10-4-6-11-5-2-3-7-12(11)17/h8-9,11-12H,2-7,10H2,1H3/t11-,12+/m0/s1. The van der Waals surface area contributed by atoms with Crippen molar-refractivity contribution in [3.63, 3.8) is 0 Å². The molecule has 1 aliphatic heterocycles. The maximum atomic E-state index is 12.8. The zero-order valence-electron chi connectivity index (χ0n) is 12.3. The van der Waals surface area contributed by atoms with Gasteiger partial charge in [0.15, 0.2) is 0 Å². The van der Waals surface area contributed by atoms with Crippen molar-refractivity contribution in [1.29, 1.82) is 0 Å². The molecule has 4 nitrogen and oxygen atoms in total. The van der Waals surface area contributed by atoms with Crippen molar-refractivity contribution in [2.45, 2.75) is 44.6 Å². The molecule has 1 aliphatic carbocycles. The third kappa shape index (κ3) is 2.84. The van der Waals surface area contributed by atoms with E-state index < -0.39 is 0 Å². The monoisotopic (exact) mass is 307 g/mol. The summed E-state index contributed by atoms with van der Waals surface area (Å²) in [7, 11) is 1.36. The SMILES string of the molecule is COC(=O)c1ccc(C(=O)N2CCC[C@@H]3CCCC[C@H]32)s1. The molecule has 0 radical (unpaired) electrons. The number of rotatable bonds is 2. The van der Waals surface area contributed by atoms with E-state index in [1.807, 2.05) is 0 Å². The zero-order chi connectivity index (χ0) is 14.8. The number of nitrogens with zero attached hydrogens (tertiary/aromatic N) is 1. The second-order valence-electron chi connectivity index (χ2n) is 5.91. The minimum Gasteiger partial charge on any atom is -0.465 e. The van der Waals surface area contributed by atoms with E-state index in [4.69, 9.17) is 4.74 Å². The van der Waals surface area contributed by atoms with Crippen LogP contribution in [0.3, 0.4) is 0 Å². The number of hydrogen-bond donors (Lipinski definition) is 0. The maximum absolute atomic E-state index is 12.8. The van der Waals surface area contributed by atoms with E-state index in [9.17, 15) is 9.59 Å². The first-order valence-electron chi connectivity index (χ1n) is 7.70. The minimum absolute atomic E-state index is 0.0896. The summed E-state index contributed by atoms with van der Waals surface area (Å²) in [6.07, 6.45) is 7.27. The molecule has 1 saturated carbocycles. The van der Waals surface area contributed by atoms with Gasteiger partial charge in [0, 0.05) is 12.6 Å². The second kappa shape index (κ2) is 6.18. The van der Waals surface area contributed by atoms with Crippen LogP contribution in [0.5, 0.6) is 0 Å². The Morgan fingerprint density at radius 1 is 1.14 bits per heavy atom. The number of hydrogen-bond acceptors (Lipinski definition) is 4. The number of esters is 1. The number of ether oxygens (including phenoxy) is 1. The number of fused-ring (bicyclic) bond motifs is 1. The Kier molecular flexibility index (Phi) is 4.29. The van der Waals surface area contributed by atoms with E-state index in [0.717, 1.165) is 19.4 Å². The van der Waals surface area contributed by atoms with Crippen LogP contribution in [0.25, 0.3) is 0 Å². The van der Waals surface area contributed by atoms with E-state index >= 15 is 0 Å². The molecule has 0 bridgehead atoms. The van der Waals surface area contributed by atoms with Crippen molar-refractivity contribution < 1.29 is 14.3 Å². The van der Waals surface area contributed by atoms with Crippen molar-refractivity contribution in [2.75, 3.05) is 13.7 Å². The van der Waals surface area contributed by atoms with Crippen LogP contribution in [0.1, 0.15) is 57.9 Å². The Morgan fingerprint density at radius 3 is 2.67 bits per heavy atom. The first-order valence-corrected chi connectivity index (χ1v) is 8.51. The minimum atomic E-state index is -0.367. The molecule has 2 aliphatic rings. The predicted molar refractivity (Wildman–Crippen MR) is 81.7 cm³/mol. The summed E-state index contributed by atoms with van der Waals surface area (Å²) in [6.45, 7) is 0.853. The number of carbonyl (C=O) groups excluding carboxylic acids is 2. The summed E-state index contributed by atoms with van der Waals surface area (Å²) >= 11 is 1.24. The third-order valence-corrected chi connectivity index (χ3v) is 5.76. The van der Waals surface area contributed by atoms with E-state index in [1.54, 1.807) is 12.1 Å². The molecule has 0 unspecified atom stereocenters. The van der Waals surface area contributed by atoms with Crippen molar-refractivity contribution in [3.8, 4) is 0 Å². The van der Waals surface area contributed by atoms with Crippen molar-refractivity contribution in [2.24, 2.45) is 5.92 Å². The van der Waals surface area contributed by atoms with Crippen LogP contribution in [-0.4, -0.2) is 36.5 Å². The second-order valence-corrected chi connectivity index (χ2v) is 6.99. The molecule has 1 aromatic rings. The molecular formula is C16H21NO3S. The van der Waals surface area contributed by atoms with Gasteiger partial charge >= 0.3 is 5.97 Å². The van der Waals surface area contributed by atoms with Gasteiger partial charge in [-0.3, -0.25) is 4.79 Å². The van der Waals surface area contributed by atoms with Gasteiger partial charge in [-0.05, 0) is 43.7 Å². The summed E-state index contributed by atoms with van der Waals surface area (Å²) in [5.74, 6) is 0.400. The summed E-state index contributed by atoms with van der Waals surface area (Å²) < 4.78 is 4.71. The Balaban J connectivity index is 1.77. The van der Waals surface area contributed by atoms with Gasteiger partial charge < -0.3 is 9.64 Å². The van der Waals surface area contributed by atoms with Crippen LogP contribution in [-0.2, 0) is 4.74 Å². The van der Waals surface area contributed by atoms with Gasteiger partial charge in [-0.25, -0.2) is 4.79 Å². The Morgan fingerprint density at radius 2 is 1.86 bits per heavy atom. The Bertz CT molecular complexity index is 537. The molecular weight excluding hydrogens is 286 g/mol. The fourth-order valence-electron chi connectivity index (χ4n) is 3.68. The molecule has 0 N–H and O–H groups in total. The smallest absolute Gasteiger partial charge is 0.348 e. The molecule has 3 rings (SSSR count). The van der Waals surface area contributed by atoms with Crippen LogP contribution >= 0.6 is 11.3 Å². The fraction of sp³-hybridized carbons (Fsp3) is 0.625. The lowest BCUT2D eigenvalue weighted by atomic mass is 9.78. The first-order chi connectivity index (χ1) is 10.2. The number of thiophene rings is 1. The van der Waals surface area contributed by atoms with Gasteiger partial charge in [-0.2, -0.15) is 0 Å². The molecule has 114 valence electrons. The predicted octanol–water partition coefficient (Wildman–Crippen LogP) is 3.33. The van der Waals surface area contributed by atoms with Crippen molar-refractivity contribution in [3.05, 3.63) is 21.9 Å². The average molecular weight is 307 g/mol. The number of carbonyl (C=O) groups is 2. The topological polar surface area (TPSA) is 46.6 Å². The molecule has 0 spiro atoms. The molecule has 2 atom stereocenters. The molecule has 1 aromatic heterocycles. The van der Waals surface area contributed by atoms with Crippen LogP contribution in [0.4, 0.5) is 0 Å². The maximum Gasteiger partial charge on any atom is 0.348 e. The molecule has 21 heavy (non-hydrogen) atoms. The number of amides is 1. The van der Waals surface area contributed by atoms with Gasteiger partial charge in [0.2, 0.25) is 0 Å². The van der Waals surface area contributed by atoms with Crippen molar-refractivity contribution >= 4 is 23.2 Å². The van der Waals surface area contributed by atoms with Gasteiger partial charge in [-0.1, -0.05) is 12.8 Å². The largest absolute Gasteiger partial charge is 0.465 e. The average Bonchev–Trinajstić information content (AvgIpc) is 3.03. The summed E-state index contributed by atoms with van der Waals surface area (Å²) in [4.78, 5) is 27.5. The molecule has 2 fully saturated rings. The van der Waals surface area contributed by atoms with E-state index in [0.29, 0.717) is 21.7 Å². The number of likely N-dealkylation sites (tertiary alicyclic amines) is 1. The van der Waals surface area contributed by atoms with Crippen LogP contribution in [0.2, 0.25) is 0 Å². The van der Waals surface area contributed by atoms with Gasteiger partial charge in [0.25, 0.3) is 5.91 Å². The number of methoxy groups -OCH3 is 1. The molecule has 1 saturated heterocycles. The third-order valence-electron chi connectivity index (χ3n) is 4.71. The highest BCUT2D eigenvalue weighted by Gasteiger charge is 2.36. The molecule has 1 amide bonds. The summed E-state index contributed by atoms with van der Waals surface area (Å²) in [5, 5.41) is 0. The van der Waals surface area contributed by atoms with Gasteiger partial charge in [0.1, 0.15) is 4.88 Å². The van der Waals surface area contributed by atoms with Crippen LogP contribution in [0.15, 0.2) is 12.1 Å². The van der Waals surface area contributed by atoms with Gasteiger partial charge in [0.05, 0.1) is 12.0 Å². The van der Waals surface area contributed by atoms with Gasteiger partial charge in [-0.15, -0.1) is 11.3 Å². The first kappa shape index (κ1) is 14.6. The van der Waals surface area contributed by atoms with E-state index in [-0.39, 0.29) is 11.9 Å². The van der Waals surface area contributed by atoms with E-state index in [2.05, 4.69) is 4.90 Å². The molecule has 5 heteroatoms. The number of piperidine rings is 1. The van der Waals surface area contributed by atoms with Crippen LogP contribution in [0, 0.1) is 5.92 Å². The summed E-state index contributed by atoms with van der Waals surface area (Å²) in [6, 6.07) is 3.85. The van der Waals surface area contributed by atoms with Crippen LogP contribution < -0.4 is 0 Å². The lowest BCUT2D eigenvalue weighted by molar-refractivity contribution is 0.0395. The lowest BCUT2D eigenvalue weighted by Gasteiger charge is -2.44. The summed E-state index contributed by atoms with van der Waals surface area (Å²) in [5.41, 5.74) is 0. The van der Waals surface area contributed by atoms with Crippen molar-refractivity contribution in [1.82, 2.24) is 4.90 Å². The Labute approximate surface area is 129 Å².